The van der Waals surface area contributed by atoms with Gasteiger partial charge in [-0.2, -0.15) is 0 Å². The molecule has 22 heavy (non-hydrogen) atoms. The normalized spacial score (nSPS) is 17.9. The Kier molecular flexibility index (Phi) is 5.20. The first kappa shape index (κ1) is 16.5. The zero-order valence-corrected chi connectivity index (χ0v) is 13.7. The molecule has 1 aromatic carbocycles. The lowest BCUT2D eigenvalue weighted by Crippen LogP contribution is -2.48. The van der Waals surface area contributed by atoms with Crippen LogP contribution in [0.3, 0.4) is 0 Å². The summed E-state index contributed by atoms with van der Waals surface area (Å²) >= 11 is 6.16. The maximum absolute atomic E-state index is 12.3. The molecule has 1 aliphatic heterocycles. The number of amides is 1. The Morgan fingerprint density at radius 1 is 1.45 bits per heavy atom. The largest absolute Gasteiger partial charge is 0.548 e. The van der Waals surface area contributed by atoms with Crippen molar-refractivity contribution < 1.29 is 19.4 Å². The van der Waals surface area contributed by atoms with E-state index in [1.165, 1.54) is 6.92 Å². The van der Waals surface area contributed by atoms with Crippen LogP contribution in [0, 0.1) is 0 Å². The molecule has 2 rings (SSSR count). The van der Waals surface area contributed by atoms with Gasteiger partial charge < -0.3 is 14.6 Å². The zero-order chi connectivity index (χ0) is 16.3. The van der Waals surface area contributed by atoms with E-state index in [1.807, 2.05) is 19.1 Å². The van der Waals surface area contributed by atoms with E-state index in [4.69, 9.17) is 17.0 Å². The topological polar surface area (TPSA) is 69.7 Å². The first-order valence-electron chi connectivity index (χ1n) is 6.64. The molecule has 1 atom stereocenters. The number of benzene rings is 1. The van der Waals surface area contributed by atoms with Gasteiger partial charge in [-0.15, -0.1) is 0 Å². The molecule has 1 aromatic rings. The van der Waals surface area contributed by atoms with Crippen molar-refractivity contribution in [2.75, 3.05) is 6.61 Å². The van der Waals surface area contributed by atoms with Crippen LogP contribution in [0.5, 0.6) is 5.75 Å². The van der Waals surface area contributed by atoms with Crippen molar-refractivity contribution in [1.29, 1.82) is 0 Å². The van der Waals surface area contributed by atoms with Gasteiger partial charge in [0.25, 0.3) is 5.91 Å². The van der Waals surface area contributed by atoms with Crippen LogP contribution in [0.25, 0.3) is 6.08 Å². The number of hydrogen-bond acceptors (Lipinski definition) is 6. The van der Waals surface area contributed by atoms with Gasteiger partial charge in [0.1, 0.15) is 10.1 Å². The van der Waals surface area contributed by atoms with Gasteiger partial charge in [0.2, 0.25) is 0 Å². The number of hydrogen-bond donors (Lipinski definition) is 0. The Hall–Kier alpha value is -1.86. The number of rotatable bonds is 5. The molecule has 0 aromatic heterocycles. The van der Waals surface area contributed by atoms with Crippen LogP contribution < -0.4 is 9.84 Å². The van der Waals surface area contributed by atoms with Crippen LogP contribution in [-0.2, 0) is 9.59 Å². The quantitative estimate of drug-likeness (QED) is 0.598. The van der Waals surface area contributed by atoms with Crippen LogP contribution in [0.1, 0.15) is 19.4 Å². The highest BCUT2D eigenvalue weighted by molar-refractivity contribution is 8.26. The summed E-state index contributed by atoms with van der Waals surface area (Å²) in [7, 11) is 0. The van der Waals surface area contributed by atoms with Crippen LogP contribution in [0.15, 0.2) is 29.2 Å². The predicted molar refractivity (Wildman–Crippen MR) is 87.1 cm³/mol. The van der Waals surface area contributed by atoms with E-state index in [0.717, 1.165) is 28.0 Å². The van der Waals surface area contributed by atoms with E-state index < -0.39 is 17.9 Å². The van der Waals surface area contributed by atoms with E-state index in [9.17, 15) is 14.7 Å². The minimum Gasteiger partial charge on any atom is -0.548 e. The molecule has 1 aliphatic rings. The van der Waals surface area contributed by atoms with Gasteiger partial charge in [0.15, 0.2) is 0 Å². The summed E-state index contributed by atoms with van der Waals surface area (Å²) in [5.41, 5.74) is 0.810. The summed E-state index contributed by atoms with van der Waals surface area (Å²) < 4.78 is 5.57. The van der Waals surface area contributed by atoms with Gasteiger partial charge in [-0.05, 0) is 37.6 Å². The number of carboxylic acids is 1. The number of nitrogens with zero attached hydrogens (tertiary/aromatic N) is 1. The van der Waals surface area contributed by atoms with E-state index in [1.54, 1.807) is 18.2 Å². The lowest BCUT2D eigenvalue weighted by atomic mass is 10.2. The maximum Gasteiger partial charge on any atom is 0.266 e. The van der Waals surface area contributed by atoms with E-state index in [-0.39, 0.29) is 4.32 Å². The monoisotopic (exact) mass is 336 g/mol. The minimum atomic E-state index is -1.33. The van der Waals surface area contributed by atoms with Gasteiger partial charge in [0.05, 0.1) is 23.5 Å². The summed E-state index contributed by atoms with van der Waals surface area (Å²) in [5, 5.41) is 10.9. The molecular formula is C15H14NO4S2-. The molecule has 0 radical (unpaired) electrons. The van der Waals surface area contributed by atoms with Crippen LogP contribution in [0.4, 0.5) is 0 Å². The van der Waals surface area contributed by atoms with Crippen LogP contribution in [0.2, 0.25) is 0 Å². The lowest BCUT2D eigenvalue weighted by molar-refractivity contribution is -0.309. The molecule has 0 spiro atoms. The second kappa shape index (κ2) is 6.93. The van der Waals surface area contributed by atoms with Gasteiger partial charge >= 0.3 is 0 Å². The first-order valence-corrected chi connectivity index (χ1v) is 7.87. The van der Waals surface area contributed by atoms with Crippen molar-refractivity contribution in [3.8, 4) is 5.75 Å². The number of ether oxygens (including phenoxy) is 1. The molecule has 0 bridgehead atoms. The summed E-state index contributed by atoms with van der Waals surface area (Å²) in [4.78, 5) is 24.7. The third-order valence-electron chi connectivity index (χ3n) is 3.04. The Bertz CT molecular complexity index is 639. The van der Waals surface area contributed by atoms with Crippen molar-refractivity contribution in [3.63, 3.8) is 0 Å². The zero-order valence-electron chi connectivity index (χ0n) is 12.1. The number of aliphatic carboxylic acids is 1. The molecule has 1 saturated heterocycles. The van der Waals surface area contributed by atoms with Crippen molar-refractivity contribution in [1.82, 2.24) is 4.90 Å². The molecule has 5 nitrogen and oxygen atoms in total. The number of carbonyl (C=O) groups is 2. The predicted octanol–water partition coefficient (Wildman–Crippen LogP) is 1.42. The van der Waals surface area contributed by atoms with E-state index in [2.05, 4.69) is 0 Å². The molecule has 1 amide bonds. The summed E-state index contributed by atoms with van der Waals surface area (Å²) in [6.07, 6.45) is 1.68. The maximum atomic E-state index is 12.3. The summed E-state index contributed by atoms with van der Waals surface area (Å²) in [6.45, 7) is 3.86. The highest BCUT2D eigenvalue weighted by Crippen LogP contribution is 2.34. The highest BCUT2D eigenvalue weighted by atomic mass is 32.2. The third-order valence-corrected chi connectivity index (χ3v) is 4.37. The number of thioether (sulfide) groups is 1. The van der Waals surface area contributed by atoms with E-state index >= 15 is 0 Å². The molecule has 1 fully saturated rings. The third kappa shape index (κ3) is 3.48. The van der Waals surface area contributed by atoms with Crippen molar-refractivity contribution in [2.24, 2.45) is 0 Å². The number of thiocarbonyl (C=S) groups is 1. The Morgan fingerprint density at radius 2 is 2.09 bits per heavy atom. The molecule has 0 saturated carbocycles. The smallest absolute Gasteiger partial charge is 0.266 e. The first-order chi connectivity index (χ1) is 10.4. The van der Waals surface area contributed by atoms with Gasteiger partial charge in [0, 0.05) is 0 Å². The molecule has 0 N–H and O–H groups in total. The molecule has 116 valence electrons. The van der Waals surface area contributed by atoms with Gasteiger partial charge in [-0.1, -0.05) is 36.1 Å². The van der Waals surface area contributed by atoms with Gasteiger partial charge in [-0.25, -0.2) is 0 Å². The molecule has 1 heterocycles. The fraction of sp³-hybridized carbons (Fsp3) is 0.267. The van der Waals surface area contributed by atoms with Crippen LogP contribution in [-0.4, -0.2) is 33.7 Å². The van der Waals surface area contributed by atoms with Crippen molar-refractivity contribution >= 4 is 46.3 Å². The second-order valence-corrected chi connectivity index (χ2v) is 6.22. The lowest BCUT2D eigenvalue weighted by Gasteiger charge is -2.23. The molecule has 0 unspecified atom stereocenters. The Morgan fingerprint density at radius 3 is 2.64 bits per heavy atom. The second-order valence-electron chi connectivity index (χ2n) is 4.55. The average Bonchev–Trinajstić information content (AvgIpc) is 2.75. The van der Waals surface area contributed by atoms with E-state index in [0.29, 0.717) is 11.5 Å². The molecule has 0 aliphatic carbocycles. The van der Waals surface area contributed by atoms with Crippen molar-refractivity contribution in [3.05, 3.63) is 34.7 Å². The minimum absolute atomic E-state index is 0.221. The summed E-state index contributed by atoms with van der Waals surface area (Å²) in [6, 6.07) is 6.16. The molecule has 7 heteroatoms. The Labute approximate surface area is 137 Å². The number of carboxylic acid groups (broad SMARTS) is 1. The highest BCUT2D eigenvalue weighted by Gasteiger charge is 2.35. The van der Waals surface area contributed by atoms with Crippen LogP contribution >= 0.6 is 24.0 Å². The fourth-order valence-corrected chi connectivity index (χ4v) is 3.32. The average molecular weight is 336 g/mol. The summed E-state index contributed by atoms with van der Waals surface area (Å²) in [5.74, 6) is -1.00. The number of carbonyl (C=O) groups excluding carboxylic acids is 2. The Balaban J connectivity index is 2.21. The standard InChI is InChI=1S/C15H15NO4S2/c1-3-20-11-6-4-10(5-7-11)8-12-13(17)16(15(21)22-12)9(2)14(18)19/h4-9H,3H2,1-2H3,(H,18,19)/p-1/b12-8-/t9-/m1/s1. The SMILES string of the molecule is CCOc1ccc(/C=C2\SC(=S)N([C@H](C)C(=O)[O-])C2=O)cc1. The fourth-order valence-electron chi connectivity index (χ4n) is 1.90. The van der Waals surface area contributed by atoms with Gasteiger partial charge in [-0.3, -0.25) is 9.69 Å². The molecular weight excluding hydrogens is 322 g/mol. The van der Waals surface area contributed by atoms with Crippen molar-refractivity contribution in [2.45, 2.75) is 19.9 Å².